The molecule has 1 aromatic heterocycles. The Kier molecular flexibility index (Phi) is 3.69. The lowest BCUT2D eigenvalue weighted by molar-refractivity contribution is -0.115. The Balaban J connectivity index is 2.22. The number of carbonyl (C=O) groups is 2. The minimum Gasteiger partial charge on any atom is -0.399 e. The molecule has 0 radical (unpaired) electrons. The number of hydrogen-bond donors (Lipinski definition) is 2. The molecular weight excluding hydrogens is 260 g/mol. The fourth-order valence-electron chi connectivity index (χ4n) is 1.66. The number of benzene rings is 1. The van der Waals surface area contributed by atoms with Crippen molar-refractivity contribution in [2.45, 2.75) is 13.8 Å². The van der Waals surface area contributed by atoms with Crippen LogP contribution in [0.5, 0.6) is 0 Å². The summed E-state index contributed by atoms with van der Waals surface area (Å²) in [6, 6.07) is 7.33. The lowest BCUT2D eigenvalue weighted by Gasteiger charge is -2.19. The summed E-state index contributed by atoms with van der Waals surface area (Å²) in [5.74, 6) is 0.379. The summed E-state index contributed by atoms with van der Waals surface area (Å²) in [5, 5.41) is 6.13. The smallest absolute Gasteiger partial charge is 0.334 e. The molecule has 1 aromatic carbocycles. The predicted octanol–water partition coefficient (Wildman–Crippen LogP) is 2.15. The van der Waals surface area contributed by atoms with Crippen LogP contribution in [0, 0.1) is 6.92 Å². The first kappa shape index (κ1) is 13.6. The van der Waals surface area contributed by atoms with Gasteiger partial charge >= 0.3 is 6.03 Å². The highest BCUT2D eigenvalue weighted by molar-refractivity contribution is 6.17. The summed E-state index contributed by atoms with van der Waals surface area (Å²) in [7, 11) is 0. The quantitative estimate of drug-likeness (QED) is 0.817. The van der Waals surface area contributed by atoms with Gasteiger partial charge in [-0.1, -0.05) is 5.16 Å². The second-order valence-electron chi connectivity index (χ2n) is 4.20. The lowest BCUT2D eigenvalue weighted by Crippen LogP contribution is -2.38. The van der Waals surface area contributed by atoms with Crippen molar-refractivity contribution in [2.24, 2.45) is 0 Å². The van der Waals surface area contributed by atoms with Gasteiger partial charge in [0.05, 0.1) is 5.69 Å². The van der Waals surface area contributed by atoms with Crippen molar-refractivity contribution in [2.75, 3.05) is 16.0 Å². The third-order valence-corrected chi connectivity index (χ3v) is 2.53. The Morgan fingerprint density at radius 2 is 1.95 bits per heavy atom. The Labute approximate surface area is 115 Å². The summed E-state index contributed by atoms with van der Waals surface area (Å²) in [5.41, 5.74) is 6.55. The molecule has 1 heterocycles. The van der Waals surface area contributed by atoms with Gasteiger partial charge in [0.25, 0.3) is 0 Å². The predicted molar refractivity (Wildman–Crippen MR) is 74.3 cm³/mol. The summed E-state index contributed by atoms with van der Waals surface area (Å²) in [6.07, 6.45) is 0. The number of nitrogen functional groups attached to an aromatic ring is 1. The molecule has 0 fully saturated rings. The maximum atomic E-state index is 12.1. The molecule has 0 unspecified atom stereocenters. The number of aromatic nitrogens is 1. The molecule has 0 spiro atoms. The second kappa shape index (κ2) is 5.43. The first-order valence-corrected chi connectivity index (χ1v) is 5.88. The Morgan fingerprint density at radius 3 is 2.45 bits per heavy atom. The largest absolute Gasteiger partial charge is 0.399 e. The van der Waals surface area contributed by atoms with E-state index in [9.17, 15) is 9.59 Å². The molecule has 3 N–H and O–H groups in total. The van der Waals surface area contributed by atoms with Gasteiger partial charge in [-0.15, -0.1) is 0 Å². The molecule has 0 bridgehead atoms. The topological polar surface area (TPSA) is 101 Å². The van der Waals surface area contributed by atoms with E-state index in [-0.39, 0.29) is 5.82 Å². The van der Waals surface area contributed by atoms with Crippen LogP contribution in [0.2, 0.25) is 0 Å². The van der Waals surface area contributed by atoms with E-state index < -0.39 is 11.9 Å². The van der Waals surface area contributed by atoms with Crippen molar-refractivity contribution in [3.8, 4) is 0 Å². The lowest BCUT2D eigenvalue weighted by atomic mass is 10.2. The van der Waals surface area contributed by atoms with Crippen molar-refractivity contribution in [3.05, 3.63) is 36.1 Å². The minimum atomic E-state index is -0.615. The monoisotopic (exact) mass is 274 g/mol. The van der Waals surface area contributed by atoms with E-state index in [0.717, 1.165) is 4.90 Å². The zero-order chi connectivity index (χ0) is 14.7. The molecule has 7 nitrogen and oxygen atoms in total. The molecule has 0 aliphatic carbocycles. The summed E-state index contributed by atoms with van der Waals surface area (Å²) >= 11 is 0. The molecule has 0 aliphatic rings. The third kappa shape index (κ3) is 2.94. The zero-order valence-corrected chi connectivity index (χ0v) is 11.1. The Hall–Kier alpha value is -2.83. The molecule has 104 valence electrons. The number of anilines is 3. The van der Waals surface area contributed by atoms with Crippen LogP contribution < -0.4 is 16.0 Å². The van der Waals surface area contributed by atoms with E-state index >= 15 is 0 Å². The van der Waals surface area contributed by atoms with Crippen molar-refractivity contribution in [1.29, 1.82) is 0 Å². The van der Waals surface area contributed by atoms with Crippen LogP contribution in [0.25, 0.3) is 0 Å². The van der Waals surface area contributed by atoms with Crippen LogP contribution in [0.15, 0.2) is 34.9 Å². The van der Waals surface area contributed by atoms with E-state index in [1.165, 1.54) is 6.92 Å². The molecule has 2 aromatic rings. The zero-order valence-electron chi connectivity index (χ0n) is 11.1. The molecule has 0 aliphatic heterocycles. The van der Waals surface area contributed by atoms with Gasteiger partial charge in [-0.05, 0) is 31.2 Å². The summed E-state index contributed by atoms with van der Waals surface area (Å²) in [6.45, 7) is 3.00. The molecular formula is C13H14N4O3. The average Bonchev–Trinajstić information content (AvgIpc) is 2.77. The fourth-order valence-corrected chi connectivity index (χ4v) is 1.66. The van der Waals surface area contributed by atoms with Crippen molar-refractivity contribution < 1.29 is 14.1 Å². The van der Waals surface area contributed by atoms with E-state index in [2.05, 4.69) is 10.5 Å². The van der Waals surface area contributed by atoms with Gasteiger partial charge in [-0.2, -0.15) is 0 Å². The molecule has 3 amide bonds. The normalized spacial score (nSPS) is 10.1. The second-order valence-corrected chi connectivity index (χ2v) is 4.20. The van der Waals surface area contributed by atoms with E-state index in [1.54, 1.807) is 37.3 Å². The molecule has 0 atom stereocenters. The summed E-state index contributed by atoms with van der Waals surface area (Å²) in [4.78, 5) is 24.8. The fraction of sp³-hybridized carbons (Fsp3) is 0.154. The highest BCUT2D eigenvalue weighted by atomic mass is 16.5. The van der Waals surface area contributed by atoms with Crippen molar-refractivity contribution >= 4 is 29.1 Å². The van der Waals surface area contributed by atoms with E-state index in [0.29, 0.717) is 17.1 Å². The maximum Gasteiger partial charge on any atom is 0.334 e. The van der Waals surface area contributed by atoms with Crippen LogP contribution in [-0.2, 0) is 4.79 Å². The van der Waals surface area contributed by atoms with Crippen molar-refractivity contribution in [3.63, 3.8) is 0 Å². The average molecular weight is 274 g/mol. The van der Waals surface area contributed by atoms with Crippen LogP contribution in [-0.4, -0.2) is 17.1 Å². The van der Waals surface area contributed by atoms with Gasteiger partial charge in [-0.3, -0.25) is 10.1 Å². The number of nitrogens with zero attached hydrogens (tertiary/aromatic N) is 2. The van der Waals surface area contributed by atoms with Crippen LogP contribution in [0.4, 0.5) is 22.0 Å². The van der Waals surface area contributed by atoms with Gasteiger partial charge in [0.2, 0.25) is 5.91 Å². The van der Waals surface area contributed by atoms with E-state index in [1.807, 2.05) is 0 Å². The van der Waals surface area contributed by atoms with Crippen molar-refractivity contribution in [1.82, 2.24) is 5.16 Å². The van der Waals surface area contributed by atoms with Crippen LogP contribution in [0.1, 0.15) is 12.7 Å². The first-order valence-electron chi connectivity index (χ1n) is 5.88. The number of nitrogens with one attached hydrogen (secondary N) is 1. The van der Waals surface area contributed by atoms with Gasteiger partial charge < -0.3 is 10.3 Å². The first-order chi connectivity index (χ1) is 9.47. The number of nitrogens with two attached hydrogens (primary N) is 1. The number of aryl methyl sites for hydroxylation is 1. The number of imide groups is 1. The van der Waals surface area contributed by atoms with Crippen LogP contribution >= 0.6 is 0 Å². The molecule has 20 heavy (non-hydrogen) atoms. The number of rotatable bonds is 2. The Morgan fingerprint density at radius 1 is 1.30 bits per heavy atom. The highest BCUT2D eigenvalue weighted by Crippen LogP contribution is 2.18. The highest BCUT2D eigenvalue weighted by Gasteiger charge is 2.21. The molecule has 7 heteroatoms. The molecule has 0 saturated heterocycles. The third-order valence-electron chi connectivity index (χ3n) is 2.53. The van der Waals surface area contributed by atoms with Gasteiger partial charge in [0.1, 0.15) is 5.76 Å². The van der Waals surface area contributed by atoms with E-state index in [4.69, 9.17) is 10.3 Å². The Bertz CT molecular complexity index is 633. The molecule has 0 saturated carbocycles. The SMILES string of the molecule is CC(=O)N(C(=O)Nc1cc(C)on1)c1ccc(N)cc1. The number of amides is 3. The molecule has 2 rings (SSSR count). The van der Waals surface area contributed by atoms with Gasteiger partial charge in [0.15, 0.2) is 5.82 Å². The minimum absolute atomic E-state index is 0.245. The standard InChI is InChI=1S/C13H14N4O3/c1-8-7-12(16-20-8)15-13(19)17(9(2)18)11-5-3-10(14)4-6-11/h3-7H,14H2,1-2H3,(H,15,16,19). The van der Waals surface area contributed by atoms with Gasteiger partial charge in [-0.25, -0.2) is 9.69 Å². The van der Waals surface area contributed by atoms with Gasteiger partial charge in [0, 0.05) is 18.7 Å². The number of carbonyl (C=O) groups excluding carboxylic acids is 2. The maximum absolute atomic E-state index is 12.1. The summed E-state index contributed by atoms with van der Waals surface area (Å²) < 4.78 is 4.84. The number of urea groups is 1. The number of hydrogen-bond acceptors (Lipinski definition) is 5. The van der Waals surface area contributed by atoms with Crippen LogP contribution in [0.3, 0.4) is 0 Å².